The first-order valence-corrected chi connectivity index (χ1v) is 6.81. The summed E-state index contributed by atoms with van der Waals surface area (Å²) in [5.74, 6) is 1.35. The molecule has 0 amide bonds. The third-order valence-corrected chi connectivity index (χ3v) is 3.83. The summed E-state index contributed by atoms with van der Waals surface area (Å²) in [5.41, 5.74) is 1.83. The molecule has 2 aromatic rings. The summed E-state index contributed by atoms with van der Waals surface area (Å²) in [6, 6.07) is 6.52. The Morgan fingerprint density at radius 3 is 3.18 bits per heavy atom. The lowest BCUT2D eigenvalue weighted by atomic mass is 9.93. The van der Waals surface area contributed by atoms with E-state index in [1.807, 2.05) is 18.2 Å². The number of benzene rings is 1. The molecule has 0 spiro atoms. The molecule has 2 atom stereocenters. The van der Waals surface area contributed by atoms with Crippen LogP contribution < -0.4 is 5.32 Å². The first-order chi connectivity index (χ1) is 8.22. The number of piperidine rings is 1. The van der Waals surface area contributed by atoms with Crippen LogP contribution in [0.1, 0.15) is 31.6 Å². The molecule has 4 heteroatoms. The van der Waals surface area contributed by atoms with Crippen LogP contribution in [-0.2, 0) is 0 Å². The summed E-state index contributed by atoms with van der Waals surface area (Å²) in [7, 11) is 0. The number of nitrogens with zero attached hydrogens (tertiary/aromatic N) is 1. The Balaban J connectivity index is 1.94. The molecular weight excluding hydrogens is 280 g/mol. The van der Waals surface area contributed by atoms with E-state index in [0.717, 1.165) is 40.8 Å². The van der Waals surface area contributed by atoms with Crippen molar-refractivity contribution in [3.63, 3.8) is 0 Å². The van der Waals surface area contributed by atoms with Gasteiger partial charge in [0.1, 0.15) is 5.52 Å². The number of fused-ring (bicyclic) bond motifs is 1. The fourth-order valence-electron chi connectivity index (χ4n) is 2.45. The van der Waals surface area contributed by atoms with Gasteiger partial charge in [0.05, 0.1) is 0 Å². The van der Waals surface area contributed by atoms with E-state index in [-0.39, 0.29) is 0 Å². The number of hydrogen-bond donors (Lipinski definition) is 1. The fourth-order valence-corrected chi connectivity index (χ4v) is 2.80. The summed E-state index contributed by atoms with van der Waals surface area (Å²) >= 11 is 3.46. The van der Waals surface area contributed by atoms with Crippen LogP contribution in [0, 0.1) is 0 Å². The lowest BCUT2D eigenvalue weighted by Crippen LogP contribution is -2.34. The average Bonchev–Trinajstić information content (AvgIpc) is 2.72. The standard InChI is InChI=1S/C13H15BrN2O/c1-8-6-9(4-5-15-8)13-16-11-7-10(14)2-3-12(11)17-13/h2-3,7-9,15H,4-6H2,1H3. The Morgan fingerprint density at radius 2 is 2.35 bits per heavy atom. The summed E-state index contributed by atoms with van der Waals surface area (Å²) in [6.07, 6.45) is 2.21. The average molecular weight is 295 g/mol. The SMILES string of the molecule is CC1CC(c2nc3cc(Br)ccc3o2)CCN1. The molecule has 1 aromatic heterocycles. The smallest absolute Gasteiger partial charge is 0.198 e. The second-order valence-corrected chi connectivity index (χ2v) is 5.66. The number of oxazole rings is 1. The number of aromatic nitrogens is 1. The molecule has 0 bridgehead atoms. The highest BCUT2D eigenvalue weighted by Gasteiger charge is 2.24. The van der Waals surface area contributed by atoms with Crippen molar-refractivity contribution >= 4 is 27.0 Å². The monoisotopic (exact) mass is 294 g/mol. The normalized spacial score (nSPS) is 25.3. The molecule has 17 heavy (non-hydrogen) atoms. The fraction of sp³-hybridized carbons (Fsp3) is 0.462. The zero-order valence-corrected chi connectivity index (χ0v) is 11.3. The van der Waals surface area contributed by atoms with E-state index < -0.39 is 0 Å². The minimum absolute atomic E-state index is 0.456. The predicted molar refractivity (Wildman–Crippen MR) is 71.1 cm³/mol. The van der Waals surface area contributed by atoms with Gasteiger partial charge in [-0.25, -0.2) is 4.98 Å². The van der Waals surface area contributed by atoms with E-state index in [9.17, 15) is 0 Å². The highest BCUT2D eigenvalue weighted by atomic mass is 79.9. The molecule has 2 unspecified atom stereocenters. The zero-order valence-electron chi connectivity index (χ0n) is 9.74. The van der Waals surface area contributed by atoms with E-state index in [1.54, 1.807) is 0 Å². The van der Waals surface area contributed by atoms with Gasteiger partial charge in [0.25, 0.3) is 0 Å². The van der Waals surface area contributed by atoms with Crippen molar-refractivity contribution in [3.8, 4) is 0 Å². The molecule has 0 radical (unpaired) electrons. The van der Waals surface area contributed by atoms with Crippen molar-refractivity contribution in [2.24, 2.45) is 0 Å². The molecule has 2 heterocycles. The molecule has 90 valence electrons. The highest BCUT2D eigenvalue weighted by molar-refractivity contribution is 9.10. The lowest BCUT2D eigenvalue weighted by molar-refractivity contribution is 0.336. The quantitative estimate of drug-likeness (QED) is 0.875. The second-order valence-electron chi connectivity index (χ2n) is 4.74. The van der Waals surface area contributed by atoms with Crippen LogP contribution in [0.4, 0.5) is 0 Å². The van der Waals surface area contributed by atoms with Crippen molar-refractivity contribution in [1.29, 1.82) is 0 Å². The van der Waals surface area contributed by atoms with Gasteiger partial charge in [0, 0.05) is 16.4 Å². The van der Waals surface area contributed by atoms with Gasteiger partial charge in [-0.15, -0.1) is 0 Å². The summed E-state index contributed by atoms with van der Waals surface area (Å²) in [5, 5.41) is 3.45. The van der Waals surface area contributed by atoms with Crippen LogP contribution in [0.2, 0.25) is 0 Å². The first-order valence-electron chi connectivity index (χ1n) is 6.02. The van der Waals surface area contributed by atoms with Crippen molar-refractivity contribution in [1.82, 2.24) is 10.3 Å². The molecular formula is C13H15BrN2O. The van der Waals surface area contributed by atoms with Crippen LogP contribution in [0.25, 0.3) is 11.1 Å². The highest BCUT2D eigenvalue weighted by Crippen LogP contribution is 2.30. The van der Waals surface area contributed by atoms with Crippen LogP contribution >= 0.6 is 15.9 Å². The number of nitrogens with one attached hydrogen (secondary N) is 1. The number of hydrogen-bond acceptors (Lipinski definition) is 3. The molecule has 1 aliphatic heterocycles. The molecule has 3 nitrogen and oxygen atoms in total. The maximum absolute atomic E-state index is 5.85. The minimum Gasteiger partial charge on any atom is -0.440 e. The van der Waals surface area contributed by atoms with Crippen LogP contribution in [-0.4, -0.2) is 17.6 Å². The zero-order chi connectivity index (χ0) is 11.8. The predicted octanol–water partition coefficient (Wildman–Crippen LogP) is 3.45. The Bertz CT molecular complexity index is 537. The van der Waals surface area contributed by atoms with Crippen molar-refractivity contribution in [2.45, 2.75) is 31.7 Å². The molecule has 0 aliphatic carbocycles. The van der Waals surface area contributed by atoms with Gasteiger partial charge in [-0.1, -0.05) is 15.9 Å². The van der Waals surface area contributed by atoms with Crippen LogP contribution in [0.15, 0.2) is 27.1 Å². The summed E-state index contributed by atoms with van der Waals surface area (Å²) < 4.78 is 6.90. The third kappa shape index (κ3) is 2.24. The van der Waals surface area contributed by atoms with Gasteiger partial charge < -0.3 is 9.73 Å². The van der Waals surface area contributed by atoms with Gasteiger partial charge in [-0.05, 0) is 44.5 Å². The maximum atomic E-state index is 5.85. The molecule has 1 aliphatic rings. The molecule has 1 fully saturated rings. The van der Waals surface area contributed by atoms with Crippen molar-refractivity contribution in [2.75, 3.05) is 6.54 Å². The maximum Gasteiger partial charge on any atom is 0.198 e. The molecule has 1 N–H and O–H groups in total. The summed E-state index contributed by atoms with van der Waals surface area (Å²) in [6.45, 7) is 3.26. The van der Waals surface area contributed by atoms with Crippen molar-refractivity contribution < 1.29 is 4.42 Å². The molecule has 1 aromatic carbocycles. The molecule has 0 saturated carbocycles. The minimum atomic E-state index is 0.456. The Hall–Kier alpha value is -0.870. The van der Waals surface area contributed by atoms with E-state index in [2.05, 4.69) is 33.2 Å². The van der Waals surface area contributed by atoms with Gasteiger partial charge in [0.15, 0.2) is 11.5 Å². The van der Waals surface area contributed by atoms with Crippen molar-refractivity contribution in [3.05, 3.63) is 28.6 Å². The van der Waals surface area contributed by atoms with Gasteiger partial charge in [-0.3, -0.25) is 0 Å². The number of rotatable bonds is 1. The molecule has 1 saturated heterocycles. The van der Waals surface area contributed by atoms with E-state index in [0.29, 0.717) is 12.0 Å². The summed E-state index contributed by atoms with van der Waals surface area (Å²) in [4.78, 5) is 4.61. The largest absolute Gasteiger partial charge is 0.440 e. The van der Waals surface area contributed by atoms with Gasteiger partial charge in [-0.2, -0.15) is 0 Å². The first kappa shape index (κ1) is 11.2. The topological polar surface area (TPSA) is 38.1 Å². The van der Waals surface area contributed by atoms with E-state index in [1.165, 1.54) is 0 Å². The Morgan fingerprint density at radius 1 is 1.47 bits per heavy atom. The Kier molecular flexibility index (Phi) is 2.92. The number of halogens is 1. The molecule has 3 rings (SSSR count). The third-order valence-electron chi connectivity index (χ3n) is 3.34. The lowest BCUT2D eigenvalue weighted by Gasteiger charge is -2.25. The van der Waals surface area contributed by atoms with Gasteiger partial charge >= 0.3 is 0 Å². The van der Waals surface area contributed by atoms with Crippen LogP contribution in [0.3, 0.4) is 0 Å². The van der Waals surface area contributed by atoms with E-state index in [4.69, 9.17) is 4.42 Å². The Labute approximate surface area is 109 Å². The van der Waals surface area contributed by atoms with Gasteiger partial charge in [0.2, 0.25) is 0 Å². The van der Waals surface area contributed by atoms with E-state index >= 15 is 0 Å². The van der Waals surface area contributed by atoms with Crippen LogP contribution in [0.5, 0.6) is 0 Å². The second kappa shape index (κ2) is 4.42.